The van der Waals surface area contributed by atoms with E-state index in [4.69, 9.17) is 68.8 Å². The van der Waals surface area contributed by atoms with Crippen molar-refractivity contribution in [3.8, 4) is 62.2 Å². The van der Waals surface area contributed by atoms with E-state index in [-0.39, 0.29) is 52.8 Å². The molecule has 0 aliphatic heterocycles. The van der Waals surface area contributed by atoms with E-state index in [9.17, 15) is 9.59 Å². The van der Waals surface area contributed by atoms with Gasteiger partial charge in [0.25, 0.3) is 11.1 Å². The van der Waals surface area contributed by atoms with Crippen LogP contribution in [0.25, 0.3) is 65.0 Å². The number of pyridine rings is 7. The topological polar surface area (TPSA) is 230 Å². The van der Waals surface area contributed by atoms with E-state index in [2.05, 4.69) is 56.8 Å². The Balaban J connectivity index is 0.000000174. The number of rotatable bonds is 23. The number of nitrogens with zero attached hydrogens (tertiary/aromatic N) is 7. The van der Waals surface area contributed by atoms with Gasteiger partial charge in [0.15, 0.2) is 0 Å². The van der Waals surface area contributed by atoms with Crippen molar-refractivity contribution in [1.82, 2.24) is 34.1 Å². The van der Waals surface area contributed by atoms with Gasteiger partial charge in [0.05, 0.1) is 112 Å². The lowest BCUT2D eigenvalue weighted by atomic mass is 10.2. The van der Waals surface area contributed by atoms with Crippen LogP contribution in [-0.2, 0) is 22.6 Å². The average molecular weight is 1690 g/mol. The van der Waals surface area contributed by atoms with E-state index in [1.165, 1.54) is 6.07 Å². The van der Waals surface area contributed by atoms with Gasteiger partial charge < -0.3 is 66.3 Å². The van der Waals surface area contributed by atoms with E-state index in [0.717, 1.165) is 127 Å². The lowest BCUT2D eigenvalue weighted by molar-refractivity contribution is -0.0436. The summed E-state index contributed by atoms with van der Waals surface area (Å²) < 4.78 is 65.1. The molecule has 1 N–H and O–H groups in total. The molecule has 5 atom stereocenters. The number of aliphatic hydroxyl groups excluding tert-OH is 1. The highest BCUT2D eigenvalue weighted by atomic mass is 79.9. The van der Waals surface area contributed by atoms with Gasteiger partial charge in [-0.2, -0.15) is 0 Å². The van der Waals surface area contributed by atoms with E-state index >= 15 is 0 Å². The van der Waals surface area contributed by atoms with Gasteiger partial charge in [-0.1, -0.05) is 33.6 Å². The number of ether oxygens (including phenoxy) is 11. The van der Waals surface area contributed by atoms with Gasteiger partial charge in [0.1, 0.15) is 76.2 Å². The first kappa shape index (κ1) is 87.7. The third kappa shape index (κ3) is 27.2. The predicted molar refractivity (Wildman–Crippen MR) is 456 cm³/mol. The van der Waals surface area contributed by atoms with Gasteiger partial charge in [-0.15, -0.1) is 11.3 Å². The fourth-order valence-electron chi connectivity index (χ4n) is 10.8. The number of methoxy groups -OCH3 is 5. The van der Waals surface area contributed by atoms with Crippen LogP contribution in [0.3, 0.4) is 0 Å². The largest absolute Gasteiger partial charge is 0.497 e. The summed E-state index contributed by atoms with van der Waals surface area (Å²) in [6, 6.07) is 48.6. The molecule has 0 saturated heterocycles. The molecule has 0 spiro atoms. The third-order valence-corrected chi connectivity index (χ3v) is 18.8. The SMILES string of the molecule is CC(O)COC(C)(C)C.COc1ccc2c(Cl)ccnc2c1.COc1ccc2c(OC(C)CBr)ccnc2c1.COc1ccc2c(OC(C)COC(C)(C)C)ccnc2c1.COc1ccc2c(OC(C)Cn3cc(-c4cccs4)ccc3=O)ccnc2c1.COc1ccc2c(OC(C)Cn3cc(Br)ccc3=O)ccnc2c1. The number of thiophene rings is 1. The maximum Gasteiger partial charge on any atom is 0.250 e. The zero-order chi connectivity index (χ0) is 81.1. The van der Waals surface area contributed by atoms with Crippen molar-refractivity contribution in [1.29, 1.82) is 0 Å². The molecular formula is C87H98Br2ClN7O14S. The van der Waals surface area contributed by atoms with Crippen LogP contribution >= 0.6 is 54.8 Å². The quantitative estimate of drug-likeness (QED) is 0.0587. The van der Waals surface area contributed by atoms with Crippen LogP contribution in [0.4, 0.5) is 0 Å². The number of halogens is 3. The molecule has 13 aromatic rings. The maximum absolute atomic E-state index is 12.3. The molecule has 0 amide bonds. The second-order valence-electron chi connectivity index (χ2n) is 27.7. The fraction of sp³-hybridized carbons (Fsp3) is 0.322. The first-order chi connectivity index (χ1) is 53.6. The van der Waals surface area contributed by atoms with Crippen molar-refractivity contribution < 1.29 is 57.2 Å². The number of aliphatic hydroxyl groups is 1. The van der Waals surface area contributed by atoms with Gasteiger partial charge >= 0.3 is 0 Å². The van der Waals surface area contributed by atoms with Gasteiger partial charge in [-0.3, -0.25) is 34.5 Å². The van der Waals surface area contributed by atoms with Gasteiger partial charge in [-0.25, -0.2) is 0 Å². The van der Waals surface area contributed by atoms with Crippen LogP contribution in [0.1, 0.15) is 76.2 Å². The molecule has 8 aromatic heterocycles. The Labute approximate surface area is 679 Å². The van der Waals surface area contributed by atoms with E-state index < -0.39 is 0 Å². The highest BCUT2D eigenvalue weighted by molar-refractivity contribution is 9.10. The monoisotopic (exact) mass is 1690 g/mol. The summed E-state index contributed by atoms with van der Waals surface area (Å²) >= 11 is 14.4. The number of fused-ring (bicyclic) bond motifs is 5. The van der Waals surface area contributed by atoms with Crippen LogP contribution in [0, 0.1) is 0 Å². The molecule has 13 rings (SSSR count). The predicted octanol–water partition coefficient (Wildman–Crippen LogP) is 19.5. The number of alkyl halides is 1. The first-order valence-electron chi connectivity index (χ1n) is 36.1. The number of aromatic nitrogens is 7. The molecule has 5 unspecified atom stereocenters. The van der Waals surface area contributed by atoms with E-state index in [1.807, 2.05) is 214 Å². The molecule has 592 valence electrons. The summed E-state index contributed by atoms with van der Waals surface area (Å²) in [5.74, 6) is 7.02. The third-order valence-electron chi connectivity index (χ3n) is 16.2. The zero-order valence-electron chi connectivity index (χ0n) is 66.0. The number of hydrogen-bond acceptors (Lipinski definition) is 20. The molecule has 0 aliphatic rings. The Kier molecular flexibility index (Phi) is 33.4. The lowest BCUT2D eigenvalue weighted by Crippen LogP contribution is -2.27. The van der Waals surface area contributed by atoms with Crippen LogP contribution in [-0.4, -0.2) is 135 Å². The Hall–Kier alpha value is -9.92. The first-order valence-corrected chi connectivity index (χ1v) is 39.3. The minimum atomic E-state index is -0.357. The average Bonchev–Trinajstić information content (AvgIpc) is 1.17. The Morgan fingerprint density at radius 1 is 0.438 bits per heavy atom. The molecule has 5 aromatic carbocycles. The smallest absolute Gasteiger partial charge is 0.250 e. The van der Waals surface area contributed by atoms with Crippen LogP contribution in [0.15, 0.2) is 221 Å². The molecule has 112 heavy (non-hydrogen) atoms. The number of hydrogen-bond donors (Lipinski definition) is 1. The van der Waals surface area contributed by atoms with E-state index in [0.29, 0.717) is 31.3 Å². The summed E-state index contributed by atoms with van der Waals surface area (Å²) in [7, 11) is 8.18. The highest BCUT2D eigenvalue weighted by Crippen LogP contribution is 2.33. The summed E-state index contributed by atoms with van der Waals surface area (Å²) in [6.45, 7) is 23.5. The second kappa shape index (κ2) is 42.6. The molecule has 21 nitrogen and oxygen atoms in total. The van der Waals surface area contributed by atoms with Gasteiger partial charge in [0.2, 0.25) is 0 Å². The fourth-order valence-corrected chi connectivity index (χ4v) is 12.2. The van der Waals surface area contributed by atoms with Crippen LogP contribution < -0.4 is 53.8 Å². The molecule has 0 bridgehead atoms. The zero-order valence-corrected chi connectivity index (χ0v) is 70.7. The van der Waals surface area contributed by atoms with Crippen molar-refractivity contribution >= 4 is 109 Å². The summed E-state index contributed by atoms with van der Waals surface area (Å²) in [6.07, 6.45) is 11.6. The Morgan fingerprint density at radius 2 is 0.786 bits per heavy atom. The van der Waals surface area contributed by atoms with Crippen molar-refractivity contribution in [3.05, 3.63) is 237 Å². The molecule has 0 aliphatic carbocycles. The summed E-state index contributed by atoms with van der Waals surface area (Å²) in [5, 5.41) is 17.1. The lowest BCUT2D eigenvalue weighted by Gasteiger charge is -2.23. The van der Waals surface area contributed by atoms with Crippen molar-refractivity contribution in [2.75, 3.05) is 54.1 Å². The van der Waals surface area contributed by atoms with Gasteiger partial charge in [-0.05, 0) is 207 Å². The van der Waals surface area contributed by atoms with Gasteiger partial charge in [0, 0.05) is 133 Å². The highest BCUT2D eigenvalue weighted by Gasteiger charge is 2.18. The van der Waals surface area contributed by atoms with Crippen LogP contribution in [0.2, 0.25) is 5.02 Å². The second-order valence-corrected chi connectivity index (χ2v) is 30.7. The molecule has 0 radical (unpaired) electrons. The van der Waals surface area contributed by atoms with Crippen molar-refractivity contribution in [2.45, 2.75) is 131 Å². The molecule has 25 heteroatoms. The number of benzene rings is 5. The molecule has 8 heterocycles. The summed E-state index contributed by atoms with van der Waals surface area (Å²) in [4.78, 5) is 46.9. The van der Waals surface area contributed by atoms with Crippen molar-refractivity contribution in [3.63, 3.8) is 0 Å². The van der Waals surface area contributed by atoms with Crippen LogP contribution in [0.5, 0.6) is 51.7 Å². The minimum absolute atomic E-state index is 0.0306. The minimum Gasteiger partial charge on any atom is -0.497 e. The Morgan fingerprint density at radius 3 is 1.14 bits per heavy atom. The standard InChI is InChI=1S/C22H20N2O3S.C18H17BrN2O3.C17H23NO3.C13H14BrNO2.C10H8ClNO.C7H16O2/c1-15(13-24-14-16(5-8-22(24)25)21-4-3-11-28-21)27-20-9-10-23-19-12-17(26-2)6-7-18(19)20;1-12(10-21-11-13(19)3-6-18(21)22)24-17-7-8-20-16-9-14(23-2)4-5-15(16)17;1-12(11-20-17(2,3)4)21-16-8-9-18-15-10-13(19-5)6-7-14(15)16;1-9(8-14)17-13-5-6-15-12-7-10(16-2)3-4-11(12)13;1-13-7-2-3-8-9(11)4-5-12-10(8)6-7;1-6(8)5-9-7(2,3)4/h3-12,14-15H,13H2,1-2H3;3-9,11-12H,10H2,1-2H3;6-10,12H,11H2,1-5H3;3-7,9H,8H2,1-2H3;2-6H,1H3;6,8H,5H2,1-4H3. The normalized spacial score (nSPS) is 12.4. The van der Waals surface area contributed by atoms with Crippen molar-refractivity contribution in [2.24, 2.45) is 0 Å². The summed E-state index contributed by atoms with van der Waals surface area (Å²) in [5.41, 5.74) is 4.84. The molecular weight excluding hydrogens is 1590 g/mol. The molecule has 0 saturated carbocycles. The Bertz CT molecular complexity index is 5280. The maximum atomic E-state index is 12.3. The van der Waals surface area contributed by atoms with E-state index in [1.54, 1.807) is 118 Å². The molecule has 0 fully saturated rings.